The zero-order valence-electron chi connectivity index (χ0n) is 14.9. The first-order valence-electron chi connectivity index (χ1n) is 8.45. The second-order valence-electron chi connectivity index (χ2n) is 6.11. The van der Waals surface area contributed by atoms with E-state index in [1.807, 2.05) is 23.2 Å². The van der Waals surface area contributed by atoms with E-state index in [4.69, 9.17) is 9.47 Å². The number of hydrogen-bond donors (Lipinski definition) is 0. The second kappa shape index (κ2) is 8.51. The van der Waals surface area contributed by atoms with E-state index in [1.165, 1.54) is 0 Å². The lowest BCUT2D eigenvalue weighted by molar-refractivity contribution is 0.0626. The Bertz CT molecular complexity index is 759. The second-order valence-corrected chi connectivity index (χ2v) is 7.02. The predicted octanol–water partition coefficient (Wildman–Crippen LogP) is 2.82. The van der Waals surface area contributed by atoms with Gasteiger partial charge in [0, 0.05) is 49.0 Å². The molecule has 2 heterocycles. The highest BCUT2D eigenvalue weighted by molar-refractivity contribution is 9.10. The third-order valence-corrected chi connectivity index (χ3v) is 4.93. The van der Waals surface area contributed by atoms with Crippen LogP contribution in [-0.4, -0.2) is 61.1 Å². The molecule has 0 atom stereocenters. The summed E-state index contributed by atoms with van der Waals surface area (Å²) in [5.41, 5.74) is 1.65. The SMILES string of the molecule is COc1ccc(C(=O)N2CCN(Cc3ccc(Br)cn3)CC2)cc1OC. The van der Waals surface area contributed by atoms with Crippen LogP contribution in [0.3, 0.4) is 0 Å². The summed E-state index contributed by atoms with van der Waals surface area (Å²) in [7, 11) is 3.15. The number of amides is 1. The maximum absolute atomic E-state index is 12.8. The number of carbonyl (C=O) groups is 1. The van der Waals surface area contributed by atoms with Crippen LogP contribution in [0.1, 0.15) is 16.1 Å². The lowest BCUT2D eigenvalue weighted by atomic mass is 10.1. The maximum Gasteiger partial charge on any atom is 0.254 e. The monoisotopic (exact) mass is 419 g/mol. The van der Waals surface area contributed by atoms with Gasteiger partial charge in [-0.1, -0.05) is 0 Å². The van der Waals surface area contributed by atoms with E-state index < -0.39 is 0 Å². The Morgan fingerprint density at radius 1 is 1.08 bits per heavy atom. The molecular formula is C19H22BrN3O3. The fourth-order valence-corrected chi connectivity index (χ4v) is 3.22. The summed E-state index contributed by atoms with van der Waals surface area (Å²) in [6.07, 6.45) is 1.81. The third-order valence-electron chi connectivity index (χ3n) is 4.46. The average molecular weight is 420 g/mol. The van der Waals surface area contributed by atoms with Gasteiger partial charge in [-0.3, -0.25) is 14.7 Å². The Morgan fingerprint density at radius 3 is 2.42 bits per heavy atom. The van der Waals surface area contributed by atoms with Gasteiger partial charge in [-0.2, -0.15) is 0 Å². The smallest absolute Gasteiger partial charge is 0.254 e. The van der Waals surface area contributed by atoms with E-state index in [0.717, 1.165) is 29.8 Å². The minimum Gasteiger partial charge on any atom is -0.493 e. The summed E-state index contributed by atoms with van der Waals surface area (Å²) in [5, 5.41) is 0. The summed E-state index contributed by atoms with van der Waals surface area (Å²) in [6, 6.07) is 9.30. The van der Waals surface area contributed by atoms with Crippen LogP contribution in [0, 0.1) is 0 Å². The van der Waals surface area contributed by atoms with Crippen LogP contribution in [-0.2, 0) is 6.54 Å². The molecule has 0 unspecified atom stereocenters. The lowest BCUT2D eigenvalue weighted by Crippen LogP contribution is -2.48. The van der Waals surface area contributed by atoms with Crippen molar-refractivity contribution in [3.05, 3.63) is 52.3 Å². The first-order chi connectivity index (χ1) is 12.6. The Balaban J connectivity index is 1.59. The van der Waals surface area contributed by atoms with Crippen LogP contribution in [0.4, 0.5) is 0 Å². The molecule has 6 nitrogen and oxygen atoms in total. The fourth-order valence-electron chi connectivity index (χ4n) is 2.99. The molecule has 1 amide bonds. The highest BCUT2D eigenvalue weighted by Gasteiger charge is 2.23. The van der Waals surface area contributed by atoms with Crippen molar-refractivity contribution in [1.29, 1.82) is 0 Å². The topological polar surface area (TPSA) is 54.9 Å². The van der Waals surface area contributed by atoms with Crippen LogP contribution in [0.25, 0.3) is 0 Å². The number of carbonyl (C=O) groups excluding carboxylic acids is 1. The van der Waals surface area contributed by atoms with Crippen molar-refractivity contribution in [2.75, 3.05) is 40.4 Å². The molecule has 0 spiro atoms. The maximum atomic E-state index is 12.8. The highest BCUT2D eigenvalue weighted by atomic mass is 79.9. The molecule has 0 saturated carbocycles. The number of pyridine rings is 1. The molecule has 1 saturated heterocycles. The number of benzene rings is 1. The van der Waals surface area contributed by atoms with Crippen molar-refractivity contribution >= 4 is 21.8 Å². The molecule has 1 aliphatic heterocycles. The molecule has 1 aliphatic rings. The zero-order valence-corrected chi connectivity index (χ0v) is 16.5. The molecular weight excluding hydrogens is 398 g/mol. The molecule has 138 valence electrons. The van der Waals surface area contributed by atoms with E-state index in [2.05, 4.69) is 25.8 Å². The van der Waals surface area contributed by atoms with Gasteiger partial charge in [0.25, 0.3) is 5.91 Å². The molecule has 0 bridgehead atoms. The van der Waals surface area contributed by atoms with Crippen molar-refractivity contribution in [2.24, 2.45) is 0 Å². The highest BCUT2D eigenvalue weighted by Crippen LogP contribution is 2.28. The molecule has 7 heteroatoms. The molecule has 26 heavy (non-hydrogen) atoms. The molecule has 1 fully saturated rings. The van der Waals surface area contributed by atoms with Gasteiger partial charge in [0.1, 0.15) is 0 Å². The minimum absolute atomic E-state index is 0.0207. The van der Waals surface area contributed by atoms with Crippen LogP contribution in [0.15, 0.2) is 41.0 Å². The van der Waals surface area contributed by atoms with Gasteiger partial charge < -0.3 is 14.4 Å². The summed E-state index contributed by atoms with van der Waals surface area (Å²) < 4.78 is 11.5. The fraction of sp³-hybridized carbons (Fsp3) is 0.368. The summed E-state index contributed by atoms with van der Waals surface area (Å²) in [4.78, 5) is 21.4. The van der Waals surface area contributed by atoms with Gasteiger partial charge >= 0.3 is 0 Å². The molecule has 1 aromatic heterocycles. The Hall–Kier alpha value is -2.12. The Kier molecular flexibility index (Phi) is 6.11. The number of hydrogen-bond acceptors (Lipinski definition) is 5. The van der Waals surface area contributed by atoms with Crippen molar-refractivity contribution in [3.63, 3.8) is 0 Å². The first kappa shape index (κ1) is 18.7. The van der Waals surface area contributed by atoms with E-state index in [9.17, 15) is 4.79 Å². The number of rotatable bonds is 5. The molecule has 2 aromatic rings. The summed E-state index contributed by atoms with van der Waals surface area (Å²) in [5.74, 6) is 1.21. The van der Waals surface area contributed by atoms with Crippen LogP contribution in [0.2, 0.25) is 0 Å². The summed E-state index contributed by atoms with van der Waals surface area (Å²) >= 11 is 3.40. The quantitative estimate of drug-likeness (QED) is 0.745. The van der Waals surface area contributed by atoms with Gasteiger partial charge in [0.2, 0.25) is 0 Å². The Labute approximate surface area is 161 Å². The largest absolute Gasteiger partial charge is 0.493 e. The summed E-state index contributed by atoms with van der Waals surface area (Å²) in [6.45, 7) is 3.85. The molecule has 0 radical (unpaired) electrons. The number of halogens is 1. The number of ether oxygens (including phenoxy) is 2. The molecule has 1 aromatic carbocycles. The van der Waals surface area contributed by atoms with Crippen LogP contribution in [0.5, 0.6) is 11.5 Å². The van der Waals surface area contributed by atoms with E-state index in [-0.39, 0.29) is 5.91 Å². The molecule has 3 rings (SSSR count). The van der Waals surface area contributed by atoms with Crippen molar-refractivity contribution in [1.82, 2.24) is 14.8 Å². The van der Waals surface area contributed by atoms with E-state index in [1.54, 1.807) is 32.4 Å². The van der Waals surface area contributed by atoms with Crippen molar-refractivity contribution < 1.29 is 14.3 Å². The number of aromatic nitrogens is 1. The van der Waals surface area contributed by atoms with Gasteiger partial charge in [-0.25, -0.2) is 0 Å². The average Bonchev–Trinajstić information content (AvgIpc) is 2.69. The number of nitrogens with zero attached hydrogens (tertiary/aromatic N) is 3. The van der Waals surface area contributed by atoms with Crippen LogP contribution < -0.4 is 9.47 Å². The lowest BCUT2D eigenvalue weighted by Gasteiger charge is -2.34. The van der Waals surface area contributed by atoms with Crippen molar-refractivity contribution in [3.8, 4) is 11.5 Å². The number of methoxy groups -OCH3 is 2. The van der Waals surface area contributed by atoms with E-state index >= 15 is 0 Å². The van der Waals surface area contributed by atoms with Gasteiger partial charge in [0.05, 0.1) is 19.9 Å². The Morgan fingerprint density at radius 2 is 1.81 bits per heavy atom. The zero-order chi connectivity index (χ0) is 18.5. The molecule has 0 N–H and O–H groups in total. The van der Waals surface area contributed by atoms with E-state index in [0.29, 0.717) is 30.2 Å². The van der Waals surface area contributed by atoms with Gasteiger partial charge in [-0.15, -0.1) is 0 Å². The van der Waals surface area contributed by atoms with Crippen LogP contribution >= 0.6 is 15.9 Å². The normalized spacial score (nSPS) is 15.0. The van der Waals surface area contributed by atoms with Crippen molar-refractivity contribution in [2.45, 2.75) is 6.54 Å². The molecule has 0 aliphatic carbocycles. The predicted molar refractivity (Wildman–Crippen MR) is 103 cm³/mol. The first-order valence-corrected chi connectivity index (χ1v) is 9.24. The minimum atomic E-state index is 0.0207. The number of piperazine rings is 1. The van der Waals surface area contributed by atoms with Gasteiger partial charge in [0.15, 0.2) is 11.5 Å². The standard InChI is InChI=1S/C19H22BrN3O3/c1-25-17-6-3-14(11-18(17)26-2)19(24)23-9-7-22(8-10-23)13-16-5-4-15(20)12-21-16/h3-6,11-12H,7-10,13H2,1-2H3. The van der Waals surface area contributed by atoms with Gasteiger partial charge in [-0.05, 0) is 46.3 Å². The third kappa shape index (κ3) is 4.34.